The lowest BCUT2D eigenvalue weighted by molar-refractivity contribution is 0.274. The van der Waals surface area contributed by atoms with Gasteiger partial charge in [0.2, 0.25) is 0 Å². The van der Waals surface area contributed by atoms with Crippen molar-refractivity contribution in [3.8, 4) is 0 Å². The minimum atomic E-state index is 0.296. The van der Waals surface area contributed by atoms with Crippen molar-refractivity contribution in [2.24, 2.45) is 5.41 Å². The van der Waals surface area contributed by atoms with Gasteiger partial charge < -0.3 is 0 Å². The van der Waals surface area contributed by atoms with Gasteiger partial charge in [0.15, 0.2) is 0 Å². The second-order valence-electron chi connectivity index (χ2n) is 5.16. The van der Waals surface area contributed by atoms with Gasteiger partial charge in [0.25, 0.3) is 0 Å². The molecule has 0 spiro atoms. The molecule has 1 heteroatoms. The number of rotatable bonds is 5. The Kier molecular flexibility index (Phi) is 4.83. The third-order valence-electron chi connectivity index (χ3n) is 2.11. The Morgan fingerprint density at radius 2 is 1.58 bits per heavy atom. The number of hydrogen-bond acceptors (Lipinski definition) is 0. The summed E-state index contributed by atoms with van der Waals surface area (Å²) in [6.07, 6.45) is 5.26. The predicted octanol–water partition coefficient (Wildman–Crippen LogP) is 4.77. The molecule has 0 nitrogen and oxygen atoms in total. The van der Waals surface area contributed by atoms with Gasteiger partial charge in [-0.25, -0.2) is 0 Å². The van der Waals surface area contributed by atoms with Crippen LogP contribution in [0.15, 0.2) is 0 Å². The van der Waals surface area contributed by atoms with E-state index in [9.17, 15) is 0 Å². The molecule has 0 aliphatic rings. The molecule has 0 heterocycles. The maximum absolute atomic E-state index is 3.71. The highest BCUT2D eigenvalue weighted by molar-refractivity contribution is 9.10. The highest BCUT2D eigenvalue weighted by Crippen LogP contribution is 2.36. The number of alkyl halides is 1. The summed E-state index contributed by atoms with van der Waals surface area (Å²) in [6, 6.07) is 0. The lowest BCUT2D eigenvalue weighted by atomic mass is 9.80. The highest BCUT2D eigenvalue weighted by Gasteiger charge is 2.25. The maximum Gasteiger partial charge on any atom is 0.0206 e. The summed E-state index contributed by atoms with van der Waals surface area (Å²) in [6.45, 7) is 11.5. The molecule has 0 amide bonds. The van der Waals surface area contributed by atoms with E-state index in [1.54, 1.807) is 0 Å². The molecule has 0 radical (unpaired) electrons. The van der Waals surface area contributed by atoms with Crippen LogP contribution in [0.25, 0.3) is 0 Å². The maximum atomic E-state index is 3.71. The van der Waals surface area contributed by atoms with Crippen LogP contribution < -0.4 is 0 Å². The van der Waals surface area contributed by atoms with Crippen molar-refractivity contribution in [3.05, 3.63) is 0 Å². The summed E-state index contributed by atoms with van der Waals surface area (Å²) >= 11 is 3.71. The van der Waals surface area contributed by atoms with Crippen LogP contribution in [0, 0.1) is 5.41 Å². The fraction of sp³-hybridized carbons (Fsp3) is 1.00. The average Bonchev–Trinajstić information content (AvgIpc) is 1.78. The summed E-state index contributed by atoms with van der Waals surface area (Å²) in [7, 11) is 0. The third-order valence-corrected chi connectivity index (χ3v) is 2.39. The first-order valence-corrected chi connectivity index (χ1v) is 5.75. The van der Waals surface area contributed by atoms with E-state index in [4.69, 9.17) is 0 Å². The van der Waals surface area contributed by atoms with E-state index in [-0.39, 0.29) is 0 Å². The van der Waals surface area contributed by atoms with Crippen LogP contribution in [0.5, 0.6) is 0 Å². The van der Waals surface area contributed by atoms with Gasteiger partial charge in [-0.3, -0.25) is 0 Å². The van der Waals surface area contributed by atoms with E-state index in [0.717, 1.165) is 0 Å². The largest absolute Gasteiger partial charge is 0.0859 e. The molecule has 0 aromatic carbocycles. The van der Waals surface area contributed by atoms with E-state index in [1.165, 1.54) is 25.7 Å². The molecule has 0 aromatic heterocycles. The fourth-order valence-electron chi connectivity index (χ4n) is 1.88. The fourth-order valence-corrected chi connectivity index (χ4v) is 2.64. The number of unbranched alkanes of at least 4 members (excludes halogenated alkanes) is 1. The van der Waals surface area contributed by atoms with Gasteiger partial charge in [-0.1, -0.05) is 63.4 Å². The molecular formula is C11H23Br. The molecule has 12 heavy (non-hydrogen) atoms. The van der Waals surface area contributed by atoms with Crippen LogP contribution in [-0.4, -0.2) is 4.32 Å². The summed E-state index contributed by atoms with van der Waals surface area (Å²) in [5, 5.41) is 0. The molecular weight excluding hydrogens is 212 g/mol. The van der Waals surface area contributed by atoms with Gasteiger partial charge in [-0.05, 0) is 18.3 Å². The van der Waals surface area contributed by atoms with Gasteiger partial charge in [-0.15, -0.1) is 0 Å². The Morgan fingerprint density at radius 1 is 1.08 bits per heavy atom. The lowest BCUT2D eigenvalue weighted by Crippen LogP contribution is -2.22. The highest BCUT2D eigenvalue weighted by atomic mass is 79.9. The lowest BCUT2D eigenvalue weighted by Gasteiger charge is -2.31. The van der Waals surface area contributed by atoms with Crippen molar-refractivity contribution >= 4 is 15.9 Å². The molecule has 0 N–H and O–H groups in total. The van der Waals surface area contributed by atoms with Gasteiger partial charge >= 0.3 is 0 Å². The van der Waals surface area contributed by atoms with Gasteiger partial charge in [0.1, 0.15) is 0 Å². The van der Waals surface area contributed by atoms with Crippen molar-refractivity contribution < 1.29 is 0 Å². The quantitative estimate of drug-likeness (QED) is 0.602. The molecule has 0 unspecified atom stereocenters. The van der Waals surface area contributed by atoms with Gasteiger partial charge in [0.05, 0.1) is 0 Å². The summed E-state index contributed by atoms with van der Waals surface area (Å²) in [4.78, 5) is 0. The monoisotopic (exact) mass is 234 g/mol. The first-order valence-electron chi connectivity index (χ1n) is 4.96. The van der Waals surface area contributed by atoms with Crippen molar-refractivity contribution in [1.29, 1.82) is 0 Å². The predicted molar refractivity (Wildman–Crippen MR) is 60.9 cm³/mol. The van der Waals surface area contributed by atoms with Crippen LogP contribution >= 0.6 is 15.9 Å². The molecule has 74 valence electrons. The summed E-state index contributed by atoms with van der Waals surface area (Å²) in [5.41, 5.74) is 0.489. The minimum Gasteiger partial charge on any atom is -0.0859 e. The molecule has 0 aliphatic heterocycles. The molecule has 0 aliphatic carbocycles. The molecule has 0 atom stereocenters. The second kappa shape index (κ2) is 4.64. The normalized spacial score (nSPS) is 13.5. The zero-order valence-corrected chi connectivity index (χ0v) is 10.8. The van der Waals surface area contributed by atoms with Crippen molar-refractivity contribution in [2.45, 2.75) is 64.6 Å². The van der Waals surface area contributed by atoms with E-state index in [0.29, 0.717) is 9.74 Å². The Morgan fingerprint density at radius 3 is 1.92 bits per heavy atom. The van der Waals surface area contributed by atoms with Gasteiger partial charge in [-0.2, -0.15) is 0 Å². The second-order valence-corrected chi connectivity index (χ2v) is 7.31. The third kappa shape index (κ3) is 7.15. The van der Waals surface area contributed by atoms with Crippen molar-refractivity contribution in [2.75, 3.05) is 0 Å². The first kappa shape index (κ1) is 12.5. The summed E-state index contributed by atoms with van der Waals surface area (Å²) < 4.78 is 0.296. The molecule has 0 saturated heterocycles. The zero-order valence-electron chi connectivity index (χ0n) is 9.21. The smallest absolute Gasteiger partial charge is 0.0206 e. The van der Waals surface area contributed by atoms with Crippen molar-refractivity contribution in [3.63, 3.8) is 0 Å². The molecule has 0 bridgehead atoms. The van der Waals surface area contributed by atoms with Crippen molar-refractivity contribution in [1.82, 2.24) is 0 Å². The topological polar surface area (TPSA) is 0 Å². The van der Waals surface area contributed by atoms with Crippen LogP contribution in [0.4, 0.5) is 0 Å². The molecule has 0 rings (SSSR count). The Hall–Kier alpha value is 0.480. The van der Waals surface area contributed by atoms with Gasteiger partial charge in [0, 0.05) is 4.32 Å². The molecule has 0 aromatic rings. The van der Waals surface area contributed by atoms with E-state index < -0.39 is 0 Å². The SMILES string of the molecule is CCCCC(C)(C)CC(C)(C)Br. The Labute approximate surface area is 86.3 Å². The van der Waals surface area contributed by atoms with Crippen LogP contribution in [0.1, 0.15) is 60.3 Å². The van der Waals surface area contributed by atoms with E-state index >= 15 is 0 Å². The Bertz CT molecular complexity index is 119. The number of halogens is 1. The standard InChI is InChI=1S/C11H23Br/c1-6-7-8-10(2,3)9-11(4,5)12/h6-9H2,1-5H3. The van der Waals surface area contributed by atoms with E-state index in [2.05, 4.69) is 50.5 Å². The van der Waals surface area contributed by atoms with Crippen LogP contribution in [0.3, 0.4) is 0 Å². The molecule has 0 saturated carbocycles. The first-order chi connectivity index (χ1) is 5.27. The minimum absolute atomic E-state index is 0.296. The van der Waals surface area contributed by atoms with E-state index in [1.807, 2.05) is 0 Å². The van der Waals surface area contributed by atoms with Crippen LogP contribution in [0.2, 0.25) is 0 Å². The molecule has 0 fully saturated rings. The average molecular weight is 235 g/mol. The number of hydrogen-bond donors (Lipinski definition) is 0. The zero-order chi connectivity index (χ0) is 9.83. The summed E-state index contributed by atoms with van der Waals surface area (Å²) in [5.74, 6) is 0. The van der Waals surface area contributed by atoms with Crippen LogP contribution in [-0.2, 0) is 0 Å². The Balaban J connectivity index is 3.86.